The van der Waals surface area contributed by atoms with Crippen LogP contribution < -0.4 is 0 Å². The van der Waals surface area contributed by atoms with E-state index in [1.54, 1.807) is 0 Å². The molecule has 172 valence electrons. The van der Waals surface area contributed by atoms with Crippen molar-refractivity contribution >= 4 is 48.2 Å². The molecule has 0 nitrogen and oxygen atoms in total. The van der Waals surface area contributed by atoms with Crippen molar-refractivity contribution in [3.8, 4) is 44.5 Å². The summed E-state index contributed by atoms with van der Waals surface area (Å²) in [4.78, 5) is 0. The summed E-state index contributed by atoms with van der Waals surface area (Å²) in [6.07, 6.45) is 0. The fourth-order valence-electron chi connectivity index (χ4n) is 6.34. The zero-order valence-corrected chi connectivity index (χ0v) is 21.6. The van der Waals surface area contributed by atoms with Crippen LogP contribution in [0.2, 0.25) is 0 Å². The Kier molecular flexibility index (Phi) is 4.47. The maximum Gasteiger partial charge on any atom is 0.0266 e. The van der Waals surface area contributed by atoms with Gasteiger partial charge < -0.3 is 0 Å². The highest BCUT2D eigenvalue weighted by Crippen LogP contribution is 2.57. The van der Waals surface area contributed by atoms with Gasteiger partial charge >= 0.3 is 0 Å². The van der Waals surface area contributed by atoms with Crippen molar-refractivity contribution < 1.29 is 0 Å². The van der Waals surface area contributed by atoms with Gasteiger partial charge in [-0.3, -0.25) is 0 Å². The third-order valence-electron chi connectivity index (χ3n) is 7.86. The van der Waals surface area contributed by atoms with E-state index in [9.17, 15) is 0 Å². The van der Waals surface area contributed by atoms with E-state index in [1.165, 1.54) is 76.8 Å². The van der Waals surface area contributed by atoms with Gasteiger partial charge in [-0.2, -0.15) is 0 Å². The summed E-state index contributed by atoms with van der Waals surface area (Å²) in [5.41, 5.74) is 10.3. The molecule has 0 aliphatic heterocycles. The Labute approximate surface area is 224 Å². The third kappa shape index (κ3) is 2.95. The number of halogens is 1. The maximum atomic E-state index is 4.08. The lowest BCUT2D eigenvalue weighted by molar-refractivity contribution is 1.59. The smallest absolute Gasteiger partial charge is 0.0266 e. The Morgan fingerprint density at radius 3 is 1.51 bits per heavy atom. The van der Waals surface area contributed by atoms with Gasteiger partial charge in [0.05, 0.1) is 0 Å². The molecular weight excluding hydrogens is 512 g/mol. The topological polar surface area (TPSA) is 0 Å². The van der Waals surface area contributed by atoms with Crippen molar-refractivity contribution in [2.75, 3.05) is 0 Å². The van der Waals surface area contributed by atoms with Gasteiger partial charge in [-0.25, -0.2) is 0 Å². The summed E-state index contributed by atoms with van der Waals surface area (Å²) in [6.45, 7) is 0. The van der Waals surface area contributed by atoms with Gasteiger partial charge in [-0.1, -0.05) is 137 Å². The van der Waals surface area contributed by atoms with E-state index in [2.05, 4.69) is 143 Å². The Morgan fingerprint density at radius 1 is 0.351 bits per heavy atom. The summed E-state index contributed by atoms with van der Waals surface area (Å²) in [5, 5.41) is 7.70. The van der Waals surface area contributed by atoms with E-state index in [-0.39, 0.29) is 0 Å². The van der Waals surface area contributed by atoms with Crippen molar-refractivity contribution in [3.05, 3.63) is 132 Å². The van der Waals surface area contributed by atoms with Gasteiger partial charge in [0.2, 0.25) is 0 Å². The van der Waals surface area contributed by atoms with Crippen LogP contribution in [0.5, 0.6) is 0 Å². The number of hydrogen-bond donors (Lipinski definition) is 0. The highest BCUT2D eigenvalue weighted by atomic mass is 79.9. The Bertz CT molecular complexity index is 2030. The van der Waals surface area contributed by atoms with Crippen LogP contribution in [0, 0.1) is 0 Å². The van der Waals surface area contributed by atoms with Crippen LogP contribution in [0.1, 0.15) is 0 Å². The van der Waals surface area contributed by atoms with Crippen LogP contribution in [0.4, 0.5) is 0 Å². The molecule has 0 unspecified atom stereocenters. The van der Waals surface area contributed by atoms with Crippen molar-refractivity contribution in [1.29, 1.82) is 0 Å². The monoisotopic (exact) mass is 532 g/mol. The minimum Gasteiger partial charge on any atom is -0.0616 e. The van der Waals surface area contributed by atoms with Crippen molar-refractivity contribution in [2.45, 2.75) is 0 Å². The summed E-state index contributed by atoms with van der Waals surface area (Å²) in [6, 6.07) is 46.5. The molecule has 0 saturated carbocycles. The largest absolute Gasteiger partial charge is 0.0616 e. The highest BCUT2D eigenvalue weighted by Gasteiger charge is 2.30. The fraction of sp³-hybridized carbons (Fsp3) is 0. The van der Waals surface area contributed by atoms with Crippen LogP contribution >= 0.6 is 15.9 Å². The van der Waals surface area contributed by atoms with Gasteiger partial charge in [-0.05, 0) is 77.3 Å². The van der Waals surface area contributed by atoms with Crippen LogP contribution in [-0.2, 0) is 0 Å². The lowest BCUT2D eigenvalue weighted by Gasteiger charge is -2.20. The van der Waals surface area contributed by atoms with Crippen LogP contribution in [0.3, 0.4) is 0 Å². The maximum absolute atomic E-state index is 4.08. The molecule has 0 bridgehead atoms. The van der Waals surface area contributed by atoms with Crippen LogP contribution in [-0.4, -0.2) is 0 Å². The molecule has 0 aromatic heterocycles. The van der Waals surface area contributed by atoms with E-state index in [0.29, 0.717) is 0 Å². The molecule has 1 aliphatic rings. The summed E-state index contributed by atoms with van der Waals surface area (Å²) in [5.74, 6) is 0. The zero-order valence-electron chi connectivity index (χ0n) is 20.0. The van der Waals surface area contributed by atoms with Crippen molar-refractivity contribution in [3.63, 3.8) is 0 Å². The first-order chi connectivity index (χ1) is 18.3. The molecule has 0 fully saturated rings. The quantitative estimate of drug-likeness (QED) is 0.207. The Morgan fingerprint density at radius 2 is 0.838 bits per heavy atom. The van der Waals surface area contributed by atoms with E-state index in [1.807, 2.05) is 0 Å². The predicted octanol–water partition coefficient (Wildman–Crippen LogP) is 10.9. The van der Waals surface area contributed by atoms with Crippen LogP contribution in [0.25, 0.3) is 76.8 Å². The first-order valence-corrected chi connectivity index (χ1v) is 13.4. The second kappa shape index (κ2) is 7.90. The number of rotatable bonds is 2. The Hall–Kier alpha value is -4.20. The second-order valence-corrected chi connectivity index (χ2v) is 10.6. The normalized spacial score (nSPS) is 11.9. The molecule has 0 amide bonds. The van der Waals surface area contributed by atoms with E-state index >= 15 is 0 Å². The molecule has 7 aromatic carbocycles. The standard InChI is InChI=1S/C36H21Br/c37-32-21-31(27-17-5-11-22-9-1-3-15-25(22)27)34-29-19-7-13-24-14-8-20-30(33(24)29)36(34)35(32)28-18-6-12-23-10-2-4-16-26(23)28/h1-21H. The summed E-state index contributed by atoms with van der Waals surface area (Å²) < 4.78 is 1.12. The first kappa shape index (κ1) is 20.9. The lowest BCUT2D eigenvalue weighted by Crippen LogP contribution is -1.93. The second-order valence-electron chi connectivity index (χ2n) is 9.79. The molecule has 0 N–H and O–H groups in total. The van der Waals surface area contributed by atoms with Gasteiger partial charge in [0, 0.05) is 10.0 Å². The molecule has 7 aromatic rings. The molecule has 0 saturated heterocycles. The SMILES string of the molecule is Brc1cc(-c2cccc3ccccc23)c2c(c1-c1cccc3ccccc13)-c1cccc3cccc-2c13. The molecule has 37 heavy (non-hydrogen) atoms. The number of fused-ring (bicyclic) bond motifs is 5. The predicted molar refractivity (Wildman–Crippen MR) is 162 cm³/mol. The number of hydrogen-bond acceptors (Lipinski definition) is 0. The van der Waals surface area contributed by atoms with Gasteiger partial charge in [0.25, 0.3) is 0 Å². The average Bonchev–Trinajstić information content (AvgIpc) is 3.28. The lowest BCUT2D eigenvalue weighted by atomic mass is 9.85. The Balaban J connectivity index is 1.57. The zero-order chi connectivity index (χ0) is 24.5. The third-order valence-corrected chi connectivity index (χ3v) is 8.49. The van der Waals surface area contributed by atoms with Crippen molar-refractivity contribution in [1.82, 2.24) is 0 Å². The minimum atomic E-state index is 1.12. The average molecular weight is 533 g/mol. The minimum absolute atomic E-state index is 1.12. The van der Waals surface area contributed by atoms with E-state index < -0.39 is 0 Å². The van der Waals surface area contributed by atoms with Crippen molar-refractivity contribution in [2.24, 2.45) is 0 Å². The molecule has 1 heteroatoms. The molecular formula is C36H21Br. The molecule has 1 aliphatic carbocycles. The summed E-state index contributed by atoms with van der Waals surface area (Å²) >= 11 is 4.08. The van der Waals surface area contributed by atoms with Crippen LogP contribution in [0.15, 0.2) is 132 Å². The first-order valence-electron chi connectivity index (χ1n) is 12.6. The molecule has 8 rings (SSSR count). The van der Waals surface area contributed by atoms with Gasteiger partial charge in [-0.15, -0.1) is 0 Å². The fourth-order valence-corrected chi connectivity index (χ4v) is 6.98. The highest BCUT2D eigenvalue weighted by molar-refractivity contribution is 9.10. The van der Waals surface area contributed by atoms with Gasteiger partial charge in [0.1, 0.15) is 0 Å². The number of benzene rings is 7. The van der Waals surface area contributed by atoms with E-state index in [4.69, 9.17) is 0 Å². The molecule has 0 radical (unpaired) electrons. The summed E-state index contributed by atoms with van der Waals surface area (Å²) in [7, 11) is 0. The van der Waals surface area contributed by atoms with E-state index in [0.717, 1.165) is 4.47 Å². The molecule has 0 atom stereocenters. The molecule has 0 heterocycles. The molecule has 0 spiro atoms. The van der Waals surface area contributed by atoms with Gasteiger partial charge in [0.15, 0.2) is 0 Å².